The van der Waals surface area contributed by atoms with Gasteiger partial charge in [0, 0.05) is 51.0 Å². The molecule has 9 heteroatoms. The lowest BCUT2D eigenvalue weighted by atomic mass is 10.2. The van der Waals surface area contributed by atoms with Gasteiger partial charge in [-0.2, -0.15) is 4.31 Å². The van der Waals surface area contributed by atoms with Crippen molar-refractivity contribution in [2.45, 2.75) is 4.90 Å². The quantitative estimate of drug-likeness (QED) is 0.746. The van der Waals surface area contributed by atoms with E-state index < -0.39 is 15.8 Å². The normalized spacial score (nSPS) is 15.2. The van der Waals surface area contributed by atoms with Gasteiger partial charge in [-0.25, -0.2) is 17.8 Å². The van der Waals surface area contributed by atoms with Gasteiger partial charge in [-0.05, 0) is 24.3 Å². The maximum absolute atomic E-state index is 13.0. The van der Waals surface area contributed by atoms with Crippen LogP contribution in [-0.2, 0) is 14.8 Å². The molecule has 0 radical (unpaired) electrons. The van der Waals surface area contributed by atoms with Crippen LogP contribution in [-0.4, -0.2) is 63.3 Å². The minimum atomic E-state index is -3.84. The number of likely N-dealkylation sites (N-methyl/N-ethyl adjacent to an activating group) is 1. The van der Waals surface area contributed by atoms with Crippen molar-refractivity contribution in [1.82, 2.24) is 9.21 Å². The SMILES string of the molecule is CN(CC(=O)N1CCN(c2cc[nH+]cc2)CC1)S(=O)(=O)c1ccc(F)cc1. The number of carbonyl (C=O) groups excluding carboxylic acids is 1. The highest BCUT2D eigenvalue weighted by molar-refractivity contribution is 7.89. The molecule has 0 unspecified atom stereocenters. The van der Waals surface area contributed by atoms with Crippen LogP contribution in [0.2, 0.25) is 0 Å². The Kier molecular flexibility index (Phi) is 5.71. The number of hydrogen-bond acceptors (Lipinski definition) is 4. The van der Waals surface area contributed by atoms with E-state index in [9.17, 15) is 17.6 Å². The Morgan fingerprint density at radius 2 is 1.67 bits per heavy atom. The van der Waals surface area contributed by atoms with Crippen LogP contribution < -0.4 is 9.88 Å². The summed E-state index contributed by atoms with van der Waals surface area (Å²) in [5.41, 5.74) is 1.08. The zero-order valence-corrected chi connectivity index (χ0v) is 15.8. The molecule has 27 heavy (non-hydrogen) atoms. The number of hydrogen-bond donors (Lipinski definition) is 0. The maximum Gasteiger partial charge on any atom is 0.243 e. The van der Waals surface area contributed by atoms with Crippen molar-refractivity contribution in [2.24, 2.45) is 0 Å². The summed E-state index contributed by atoms with van der Waals surface area (Å²) in [7, 11) is -2.48. The van der Waals surface area contributed by atoms with Crippen molar-refractivity contribution in [3.63, 3.8) is 0 Å². The number of nitrogens with zero attached hydrogens (tertiary/aromatic N) is 3. The average molecular weight is 393 g/mol. The highest BCUT2D eigenvalue weighted by Gasteiger charge is 2.27. The van der Waals surface area contributed by atoms with Gasteiger partial charge in [0.15, 0.2) is 12.4 Å². The highest BCUT2D eigenvalue weighted by Crippen LogP contribution is 2.17. The molecular formula is C18H22FN4O3S+. The molecule has 1 N–H and O–H groups in total. The summed E-state index contributed by atoms with van der Waals surface area (Å²) in [6, 6.07) is 8.51. The van der Waals surface area contributed by atoms with Crippen LogP contribution in [0.1, 0.15) is 0 Å². The molecule has 0 spiro atoms. The molecule has 2 heterocycles. The summed E-state index contributed by atoms with van der Waals surface area (Å²) < 4.78 is 39.1. The van der Waals surface area contributed by atoms with Crippen LogP contribution in [0, 0.1) is 5.82 Å². The zero-order valence-electron chi connectivity index (χ0n) is 15.0. The first-order chi connectivity index (χ1) is 12.9. The monoisotopic (exact) mass is 393 g/mol. The molecule has 3 rings (SSSR count). The number of H-pyrrole nitrogens is 1. The second-order valence-electron chi connectivity index (χ2n) is 6.34. The largest absolute Gasteiger partial charge is 0.368 e. The smallest absolute Gasteiger partial charge is 0.243 e. The van der Waals surface area contributed by atoms with E-state index in [0.717, 1.165) is 22.1 Å². The van der Waals surface area contributed by atoms with E-state index in [-0.39, 0.29) is 17.3 Å². The first kappa shape index (κ1) is 19.2. The maximum atomic E-state index is 13.0. The van der Waals surface area contributed by atoms with Crippen molar-refractivity contribution in [2.75, 3.05) is 44.7 Å². The molecule has 0 bridgehead atoms. The van der Waals surface area contributed by atoms with Crippen molar-refractivity contribution in [3.8, 4) is 0 Å². The van der Waals surface area contributed by atoms with Crippen molar-refractivity contribution < 1.29 is 22.6 Å². The van der Waals surface area contributed by atoms with Gasteiger partial charge in [0.05, 0.1) is 11.4 Å². The van der Waals surface area contributed by atoms with Crippen LogP contribution in [0.3, 0.4) is 0 Å². The molecule has 1 saturated heterocycles. The number of carbonyl (C=O) groups is 1. The van der Waals surface area contributed by atoms with Gasteiger partial charge in [-0.15, -0.1) is 0 Å². The number of piperazine rings is 1. The standard InChI is InChI=1S/C18H21FN4O3S/c1-21(27(25,26)17-4-2-15(19)3-5-17)14-18(24)23-12-10-22(11-13-23)16-6-8-20-9-7-16/h2-9H,10-14H2,1H3/p+1. The molecule has 1 amide bonds. The van der Waals surface area contributed by atoms with Crippen LogP contribution >= 0.6 is 0 Å². The van der Waals surface area contributed by atoms with E-state index in [1.165, 1.54) is 19.2 Å². The van der Waals surface area contributed by atoms with Gasteiger partial charge >= 0.3 is 0 Å². The Morgan fingerprint density at radius 1 is 1.07 bits per heavy atom. The fraction of sp³-hybridized carbons (Fsp3) is 0.333. The fourth-order valence-corrected chi connectivity index (χ4v) is 4.09. The minimum Gasteiger partial charge on any atom is -0.368 e. The Labute approximate surface area is 158 Å². The molecule has 1 fully saturated rings. The number of nitrogens with one attached hydrogen (secondary N) is 1. The summed E-state index contributed by atoms with van der Waals surface area (Å²) >= 11 is 0. The Hall–Kier alpha value is -2.52. The van der Waals surface area contributed by atoms with Gasteiger partial charge in [0.25, 0.3) is 0 Å². The lowest BCUT2D eigenvalue weighted by molar-refractivity contribution is -0.377. The number of anilines is 1. The van der Waals surface area contributed by atoms with Crippen LogP contribution in [0.25, 0.3) is 0 Å². The number of pyridine rings is 1. The predicted octanol–water partition coefficient (Wildman–Crippen LogP) is 0.609. The number of sulfonamides is 1. The number of halogens is 1. The van der Waals surface area contributed by atoms with Crippen molar-refractivity contribution in [3.05, 3.63) is 54.6 Å². The second-order valence-corrected chi connectivity index (χ2v) is 8.39. The second kappa shape index (κ2) is 8.01. The lowest BCUT2D eigenvalue weighted by Crippen LogP contribution is -2.51. The Bertz CT molecular complexity index is 883. The molecule has 0 saturated carbocycles. The van der Waals surface area contributed by atoms with Crippen molar-refractivity contribution in [1.29, 1.82) is 0 Å². The van der Waals surface area contributed by atoms with Gasteiger partial charge < -0.3 is 9.80 Å². The Morgan fingerprint density at radius 3 is 2.26 bits per heavy atom. The molecule has 1 aromatic carbocycles. The third-order valence-corrected chi connectivity index (χ3v) is 6.40. The number of benzene rings is 1. The summed E-state index contributed by atoms with van der Waals surface area (Å²) in [6.07, 6.45) is 3.70. The molecule has 7 nitrogen and oxygen atoms in total. The summed E-state index contributed by atoms with van der Waals surface area (Å²) in [5.74, 6) is -0.758. The van der Waals surface area contributed by atoms with Crippen LogP contribution in [0.5, 0.6) is 0 Å². The van der Waals surface area contributed by atoms with E-state index in [0.29, 0.717) is 26.2 Å². The molecule has 1 aromatic heterocycles. The zero-order chi connectivity index (χ0) is 19.4. The molecule has 144 valence electrons. The van der Waals surface area contributed by atoms with E-state index in [1.54, 1.807) is 4.90 Å². The molecule has 2 aromatic rings. The first-order valence-electron chi connectivity index (χ1n) is 8.58. The predicted molar refractivity (Wildman–Crippen MR) is 98.0 cm³/mol. The van der Waals surface area contributed by atoms with Crippen LogP contribution in [0.15, 0.2) is 53.7 Å². The lowest BCUT2D eigenvalue weighted by Gasteiger charge is -2.36. The molecule has 1 aliphatic heterocycles. The number of amides is 1. The van der Waals surface area contributed by atoms with Gasteiger partial charge in [-0.1, -0.05) is 0 Å². The number of aromatic nitrogens is 1. The number of aromatic amines is 1. The average Bonchev–Trinajstić information content (AvgIpc) is 2.69. The molecule has 0 aliphatic carbocycles. The van der Waals surface area contributed by atoms with E-state index in [4.69, 9.17) is 0 Å². The van der Waals surface area contributed by atoms with Crippen molar-refractivity contribution >= 4 is 21.6 Å². The third kappa shape index (κ3) is 4.42. The topological polar surface area (TPSA) is 75.1 Å². The Balaban J connectivity index is 1.58. The molecule has 0 atom stereocenters. The molecular weight excluding hydrogens is 371 g/mol. The van der Waals surface area contributed by atoms with Gasteiger partial charge in [0.1, 0.15) is 5.82 Å². The highest BCUT2D eigenvalue weighted by atomic mass is 32.2. The fourth-order valence-electron chi connectivity index (χ4n) is 2.96. The van der Waals surface area contributed by atoms with E-state index >= 15 is 0 Å². The van der Waals surface area contributed by atoms with Gasteiger partial charge in [0.2, 0.25) is 15.9 Å². The van der Waals surface area contributed by atoms with E-state index in [1.807, 2.05) is 24.5 Å². The summed E-state index contributed by atoms with van der Waals surface area (Å²) in [4.78, 5) is 19.3. The third-order valence-electron chi connectivity index (χ3n) is 4.58. The first-order valence-corrected chi connectivity index (χ1v) is 10.0. The molecule has 1 aliphatic rings. The summed E-state index contributed by atoms with van der Waals surface area (Å²) in [5, 5.41) is 0. The van der Waals surface area contributed by atoms with Gasteiger partial charge in [-0.3, -0.25) is 4.79 Å². The number of rotatable bonds is 5. The van der Waals surface area contributed by atoms with Crippen LogP contribution in [0.4, 0.5) is 10.1 Å². The van der Waals surface area contributed by atoms with E-state index in [2.05, 4.69) is 9.88 Å². The minimum absolute atomic E-state index is 0.0371. The summed E-state index contributed by atoms with van der Waals surface area (Å²) in [6.45, 7) is 2.18.